The third-order valence-corrected chi connectivity index (χ3v) is 5.16. The van der Waals surface area contributed by atoms with E-state index in [-0.39, 0.29) is 11.6 Å². The molecule has 0 bridgehead atoms. The maximum Gasteiger partial charge on any atom is 0.360 e. The fourth-order valence-corrected chi connectivity index (χ4v) is 3.86. The van der Waals surface area contributed by atoms with Crippen LogP contribution in [0.5, 0.6) is 5.75 Å². The molecule has 3 heterocycles. The lowest BCUT2D eigenvalue weighted by atomic mass is 10.3. The number of carboxylic acid groups (broad SMARTS) is 1. The molecule has 2 N–H and O–H groups in total. The fraction of sp³-hybridized carbons (Fsp3) is 0.385. The molecule has 0 aromatic carbocycles. The van der Waals surface area contributed by atoms with Gasteiger partial charge in [-0.2, -0.15) is 0 Å². The van der Waals surface area contributed by atoms with Gasteiger partial charge in [0.2, 0.25) is 11.5 Å². The second-order valence-corrected chi connectivity index (χ2v) is 6.72. The summed E-state index contributed by atoms with van der Waals surface area (Å²) in [5, 5.41) is 19.1. The minimum absolute atomic E-state index is 0.135. The summed E-state index contributed by atoms with van der Waals surface area (Å²) in [7, 11) is -0.330. The van der Waals surface area contributed by atoms with Crippen molar-refractivity contribution in [2.45, 2.75) is 13.0 Å². The second kappa shape index (κ2) is 6.20. The number of carbonyl (C=O) groups is 2. The van der Waals surface area contributed by atoms with Crippen LogP contribution in [0.15, 0.2) is 11.0 Å². The number of aromatic nitrogens is 3. The standard InChI is InChI=1S/C13H14N4O7S/c1-24-12(22)9-10(20)11(21)17-7(16-3-2-4-25(16)23)5-15(6-8(18)19)13(17)14-9/h5,20H,2-4,6H2,1H3,(H,18,19). The molecule has 12 heteroatoms. The van der Waals surface area contributed by atoms with Crippen molar-refractivity contribution in [3.63, 3.8) is 0 Å². The predicted molar refractivity (Wildman–Crippen MR) is 85.1 cm³/mol. The van der Waals surface area contributed by atoms with E-state index in [2.05, 4.69) is 9.72 Å². The Balaban J connectivity index is 2.33. The van der Waals surface area contributed by atoms with E-state index in [1.165, 1.54) is 10.5 Å². The van der Waals surface area contributed by atoms with Gasteiger partial charge in [0.1, 0.15) is 23.3 Å². The number of anilines is 1. The Kier molecular flexibility index (Phi) is 4.20. The predicted octanol–water partition coefficient (Wildman–Crippen LogP) is -1.05. The molecule has 2 aromatic rings. The summed E-state index contributed by atoms with van der Waals surface area (Å²) in [5.74, 6) is -2.80. The van der Waals surface area contributed by atoms with E-state index in [0.29, 0.717) is 18.7 Å². The van der Waals surface area contributed by atoms with Crippen LogP contribution in [-0.2, 0) is 27.1 Å². The summed E-state index contributed by atoms with van der Waals surface area (Å²) in [4.78, 5) is 39.2. The second-order valence-electron chi connectivity index (χ2n) is 5.23. The normalized spacial score (nSPS) is 17.2. The van der Waals surface area contributed by atoms with Gasteiger partial charge >= 0.3 is 17.5 Å². The van der Waals surface area contributed by atoms with Crippen molar-refractivity contribution in [3.05, 3.63) is 22.2 Å². The number of nitrogens with zero attached hydrogens (tertiary/aromatic N) is 4. The quantitative estimate of drug-likeness (QED) is 0.649. The van der Waals surface area contributed by atoms with Gasteiger partial charge in [-0.3, -0.25) is 13.9 Å². The number of methoxy groups -OCH3 is 1. The van der Waals surface area contributed by atoms with Crippen LogP contribution in [0, 0.1) is 0 Å². The Bertz CT molecular complexity index is 963. The van der Waals surface area contributed by atoms with Crippen molar-refractivity contribution < 1.29 is 28.7 Å². The van der Waals surface area contributed by atoms with E-state index < -0.39 is 46.5 Å². The van der Waals surface area contributed by atoms with Gasteiger partial charge in [-0.1, -0.05) is 0 Å². The van der Waals surface area contributed by atoms with Gasteiger partial charge in [-0.15, -0.1) is 0 Å². The molecular formula is C13H14N4O7S. The molecule has 11 nitrogen and oxygen atoms in total. The first-order valence-corrected chi connectivity index (χ1v) is 8.43. The Morgan fingerprint density at radius 3 is 2.72 bits per heavy atom. The largest absolute Gasteiger partial charge is 0.501 e. The summed E-state index contributed by atoms with van der Waals surface area (Å²) in [5.41, 5.74) is -1.60. The number of carbonyl (C=O) groups excluding carboxylic acids is 1. The molecule has 134 valence electrons. The molecule has 1 unspecified atom stereocenters. The van der Waals surface area contributed by atoms with E-state index in [9.17, 15) is 23.7 Å². The molecule has 0 saturated carbocycles. The van der Waals surface area contributed by atoms with Crippen LogP contribution >= 0.6 is 0 Å². The smallest absolute Gasteiger partial charge is 0.360 e. The maximum absolute atomic E-state index is 12.5. The van der Waals surface area contributed by atoms with Gasteiger partial charge in [0.05, 0.1) is 13.3 Å². The summed E-state index contributed by atoms with van der Waals surface area (Å²) < 4.78 is 20.1. The van der Waals surface area contributed by atoms with Gasteiger partial charge in [0, 0.05) is 12.3 Å². The third-order valence-electron chi connectivity index (χ3n) is 3.66. The lowest BCUT2D eigenvalue weighted by molar-refractivity contribution is -0.137. The topological polar surface area (TPSA) is 143 Å². The number of rotatable bonds is 4. The molecule has 1 fully saturated rings. The Labute approximate surface area is 142 Å². The number of fused-ring (bicyclic) bond motifs is 1. The molecule has 1 saturated heterocycles. The fourth-order valence-electron chi connectivity index (χ4n) is 2.59. The highest BCUT2D eigenvalue weighted by Gasteiger charge is 2.29. The van der Waals surface area contributed by atoms with Crippen LogP contribution in [0.2, 0.25) is 0 Å². The maximum atomic E-state index is 12.5. The van der Waals surface area contributed by atoms with Crippen LogP contribution in [0.1, 0.15) is 16.9 Å². The van der Waals surface area contributed by atoms with Gasteiger partial charge in [-0.25, -0.2) is 18.4 Å². The minimum atomic E-state index is -1.39. The average molecular weight is 370 g/mol. The summed E-state index contributed by atoms with van der Waals surface area (Å²) in [6.07, 6.45) is 1.94. The van der Waals surface area contributed by atoms with Crippen molar-refractivity contribution in [2.24, 2.45) is 0 Å². The van der Waals surface area contributed by atoms with E-state index in [0.717, 1.165) is 16.1 Å². The number of aromatic hydroxyl groups is 1. The number of hydrogen-bond donors (Lipinski definition) is 2. The van der Waals surface area contributed by atoms with E-state index >= 15 is 0 Å². The zero-order chi connectivity index (χ0) is 18.3. The average Bonchev–Trinajstić information content (AvgIpc) is 3.13. The van der Waals surface area contributed by atoms with Crippen LogP contribution in [0.3, 0.4) is 0 Å². The summed E-state index contributed by atoms with van der Waals surface area (Å²) in [6.45, 7) is -0.146. The number of aliphatic carboxylic acids is 1. The SMILES string of the molecule is COC(=O)c1nc2n(CC(=O)O)cc(N3CCCS3=O)n2c(=O)c1O. The first-order chi connectivity index (χ1) is 11.8. The van der Waals surface area contributed by atoms with Crippen LogP contribution in [0.4, 0.5) is 5.82 Å². The number of imidazole rings is 1. The molecule has 0 amide bonds. The van der Waals surface area contributed by atoms with Crippen molar-refractivity contribution in [3.8, 4) is 5.75 Å². The van der Waals surface area contributed by atoms with Crippen molar-refractivity contribution >= 4 is 34.5 Å². The highest BCUT2D eigenvalue weighted by atomic mass is 32.2. The molecule has 1 aliphatic heterocycles. The van der Waals surface area contributed by atoms with Crippen molar-refractivity contribution in [1.82, 2.24) is 14.0 Å². The summed E-state index contributed by atoms with van der Waals surface area (Å²) in [6, 6.07) is 0. The molecule has 25 heavy (non-hydrogen) atoms. The van der Waals surface area contributed by atoms with E-state index in [4.69, 9.17) is 5.11 Å². The number of hydrogen-bond acceptors (Lipinski definition) is 7. The molecule has 1 aliphatic rings. The van der Waals surface area contributed by atoms with E-state index in [1.807, 2.05) is 0 Å². The number of ether oxygens (including phenoxy) is 1. The van der Waals surface area contributed by atoms with Gasteiger partial charge in [0.25, 0.3) is 0 Å². The Hall–Kier alpha value is -2.89. The highest BCUT2D eigenvalue weighted by Crippen LogP contribution is 2.24. The Morgan fingerprint density at radius 1 is 1.44 bits per heavy atom. The van der Waals surface area contributed by atoms with Gasteiger partial charge in [-0.05, 0) is 6.42 Å². The minimum Gasteiger partial charge on any atom is -0.501 e. The monoisotopic (exact) mass is 370 g/mol. The molecule has 1 atom stereocenters. The molecule has 2 aromatic heterocycles. The van der Waals surface area contributed by atoms with Crippen LogP contribution in [0.25, 0.3) is 5.78 Å². The van der Waals surface area contributed by atoms with E-state index in [1.54, 1.807) is 0 Å². The molecule has 3 rings (SSSR count). The zero-order valence-electron chi connectivity index (χ0n) is 13.0. The zero-order valence-corrected chi connectivity index (χ0v) is 13.9. The lowest BCUT2D eigenvalue weighted by Crippen LogP contribution is -2.26. The number of esters is 1. The molecule has 0 aliphatic carbocycles. The molecule has 0 radical (unpaired) electrons. The summed E-state index contributed by atoms with van der Waals surface area (Å²) >= 11 is 0. The van der Waals surface area contributed by atoms with Gasteiger partial charge < -0.3 is 19.5 Å². The van der Waals surface area contributed by atoms with Crippen LogP contribution in [-0.4, -0.2) is 59.7 Å². The number of carboxylic acids is 1. The van der Waals surface area contributed by atoms with Gasteiger partial charge in [0.15, 0.2) is 5.69 Å². The first-order valence-electron chi connectivity index (χ1n) is 7.16. The molecule has 0 spiro atoms. The third kappa shape index (κ3) is 2.73. The van der Waals surface area contributed by atoms with Crippen molar-refractivity contribution in [2.75, 3.05) is 23.7 Å². The highest BCUT2D eigenvalue weighted by molar-refractivity contribution is 7.86. The Morgan fingerprint density at radius 2 is 2.16 bits per heavy atom. The lowest BCUT2D eigenvalue weighted by Gasteiger charge is -2.14. The molecular weight excluding hydrogens is 356 g/mol. The van der Waals surface area contributed by atoms with Crippen LogP contribution < -0.4 is 9.86 Å². The van der Waals surface area contributed by atoms with Crippen molar-refractivity contribution in [1.29, 1.82) is 0 Å². The first kappa shape index (κ1) is 17.0.